The van der Waals surface area contributed by atoms with Gasteiger partial charge in [-0.3, -0.25) is 0 Å². The number of morpholine rings is 1. The number of carbonyl (C=O) groups excluding carboxylic acids is 2. The first-order valence-corrected chi connectivity index (χ1v) is 15.1. The normalized spacial score (nSPS) is 28.2. The van der Waals surface area contributed by atoms with E-state index in [9.17, 15) is 14.7 Å². The SMILES string of the molecule is CCOC(=O)COc1cccc(C[N+]2(C)[C@@H]3CC(OC(=O)C(O)(c4ccsc4)c4ccsc4)C[C@H]2[C@@H]2O[C@@H]23)c1.[Br-]. The van der Waals surface area contributed by atoms with Crippen LogP contribution in [0.3, 0.4) is 0 Å². The second kappa shape index (κ2) is 11.5. The molecule has 0 aliphatic carbocycles. The minimum Gasteiger partial charge on any atom is -1.00 e. The van der Waals surface area contributed by atoms with Crippen molar-refractivity contribution in [3.05, 3.63) is 74.6 Å². The highest BCUT2D eigenvalue weighted by Gasteiger charge is 2.72. The molecule has 0 spiro atoms. The first-order chi connectivity index (χ1) is 18.8. The fourth-order valence-electron chi connectivity index (χ4n) is 6.44. The number of epoxide rings is 1. The first kappa shape index (κ1) is 29.2. The van der Waals surface area contributed by atoms with Crippen molar-refractivity contribution in [2.75, 3.05) is 20.3 Å². The fraction of sp³-hybridized carbons (Fsp3) is 0.448. The molecule has 3 fully saturated rings. The van der Waals surface area contributed by atoms with Crippen molar-refractivity contribution in [1.82, 2.24) is 0 Å². The maximum atomic E-state index is 13.6. The summed E-state index contributed by atoms with van der Waals surface area (Å²) in [4.78, 5) is 25.2. The standard InChI is InChI=1S/C29H32NO7S2.BrH/c1-3-34-25(31)15-35-21-6-4-5-18(11-21)14-30(2)23-12-22(13-24(30)27-26(23)37-27)36-28(32)29(33,19-7-9-38-16-19)20-8-10-39-17-20;/h4-11,16-17,22-24,26-27,33H,3,12-15H2,1-2H3;1H/q+1;/p-1/t22?,23-,24+,26-,27+,30?;. The Morgan fingerprint density at radius 1 is 1.07 bits per heavy atom. The molecule has 1 aromatic carbocycles. The van der Waals surface area contributed by atoms with Gasteiger partial charge < -0.3 is 45.5 Å². The number of piperidine rings is 1. The van der Waals surface area contributed by atoms with Crippen molar-refractivity contribution in [3.63, 3.8) is 0 Å². The highest BCUT2D eigenvalue weighted by Crippen LogP contribution is 2.53. The van der Waals surface area contributed by atoms with E-state index in [2.05, 4.69) is 13.1 Å². The lowest BCUT2D eigenvalue weighted by Gasteiger charge is -2.48. The number of fused-ring (bicyclic) bond motifs is 5. The van der Waals surface area contributed by atoms with Gasteiger partial charge in [-0.25, -0.2) is 9.59 Å². The molecular formula is C29H32BrNO7S2. The molecule has 5 heterocycles. The summed E-state index contributed by atoms with van der Waals surface area (Å²) in [7, 11) is 2.25. The van der Waals surface area contributed by atoms with Gasteiger partial charge in [0.15, 0.2) is 6.61 Å². The third-order valence-electron chi connectivity index (χ3n) is 8.37. The van der Waals surface area contributed by atoms with E-state index in [1.807, 2.05) is 29.0 Å². The molecule has 6 atom stereocenters. The fourth-order valence-corrected chi connectivity index (χ4v) is 7.84. The molecule has 8 nitrogen and oxygen atoms in total. The van der Waals surface area contributed by atoms with Crippen molar-refractivity contribution < 1.29 is 55.1 Å². The third kappa shape index (κ3) is 5.23. The molecule has 0 amide bonds. The molecule has 6 rings (SSSR count). The van der Waals surface area contributed by atoms with E-state index in [4.69, 9.17) is 18.9 Å². The number of thiophene rings is 2. The van der Waals surface area contributed by atoms with Crippen LogP contribution in [-0.2, 0) is 35.9 Å². The predicted octanol–water partition coefficient (Wildman–Crippen LogP) is 0.862. The van der Waals surface area contributed by atoms with Gasteiger partial charge in [-0.05, 0) is 52.7 Å². The van der Waals surface area contributed by atoms with Crippen LogP contribution in [0.25, 0.3) is 0 Å². The Labute approximate surface area is 251 Å². The summed E-state index contributed by atoms with van der Waals surface area (Å²) in [6.07, 6.45) is 1.35. The third-order valence-corrected chi connectivity index (χ3v) is 9.74. The Kier molecular flexibility index (Phi) is 8.43. The van der Waals surface area contributed by atoms with Crippen LogP contribution in [0.1, 0.15) is 36.5 Å². The number of likely N-dealkylation sites (N-methyl/N-ethyl adjacent to an activating group) is 1. The summed E-state index contributed by atoms with van der Waals surface area (Å²) in [5.74, 6) is -0.384. The number of hydrogen-bond acceptors (Lipinski definition) is 9. The van der Waals surface area contributed by atoms with Crippen molar-refractivity contribution in [3.8, 4) is 5.75 Å². The topological polar surface area (TPSA) is 94.6 Å². The number of rotatable bonds is 10. The van der Waals surface area contributed by atoms with E-state index in [0.717, 1.165) is 16.6 Å². The highest BCUT2D eigenvalue weighted by molar-refractivity contribution is 7.08. The maximum absolute atomic E-state index is 13.6. The maximum Gasteiger partial charge on any atom is 0.348 e. The number of aliphatic hydroxyl groups is 1. The van der Waals surface area contributed by atoms with Crippen LogP contribution < -0.4 is 21.7 Å². The van der Waals surface area contributed by atoms with Gasteiger partial charge in [0.2, 0.25) is 5.60 Å². The Bertz CT molecular complexity index is 1280. The minimum atomic E-state index is -1.82. The summed E-state index contributed by atoms with van der Waals surface area (Å²) in [6, 6.07) is 11.7. The van der Waals surface area contributed by atoms with Crippen molar-refractivity contribution in [2.24, 2.45) is 0 Å². The summed E-state index contributed by atoms with van der Waals surface area (Å²) >= 11 is 2.87. The molecule has 2 aromatic heterocycles. The van der Waals surface area contributed by atoms with Crippen LogP contribution in [-0.4, -0.2) is 72.2 Å². The Morgan fingerprint density at radius 2 is 1.73 bits per heavy atom. The zero-order chi connectivity index (χ0) is 27.2. The average Bonchev–Trinajstić information content (AvgIpc) is 3.25. The Hall–Kier alpha value is -2.28. The van der Waals surface area contributed by atoms with E-state index in [0.29, 0.717) is 36.3 Å². The molecule has 3 aliphatic rings. The summed E-state index contributed by atoms with van der Waals surface area (Å²) in [5.41, 5.74) is 0.353. The van der Waals surface area contributed by atoms with Gasteiger partial charge in [0.1, 0.15) is 42.7 Å². The van der Waals surface area contributed by atoms with Gasteiger partial charge in [0, 0.05) is 29.5 Å². The van der Waals surface area contributed by atoms with E-state index < -0.39 is 17.5 Å². The molecule has 3 saturated heterocycles. The number of benzene rings is 1. The van der Waals surface area contributed by atoms with Crippen LogP contribution in [0.2, 0.25) is 0 Å². The molecule has 40 heavy (non-hydrogen) atoms. The number of nitrogens with zero attached hydrogens (tertiary/aromatic N) is 1. The van der Waals surface area contributed by atoms with Crippen LogP contribution >= 0.6 is 22.7 Å². The lowest BCUT2D eigenvalue weighted by molar-refractivity contribution is -0.968. The second-order valence-corrected chi connectivity index (χ2v) is 12.2. The van der Waals surface area contributed by atoms with Crippen LogP contribution in [0.15, 0.2) is 57.9 Å². The first-order valence-electron chi connectivity index (χ1n) is 13.2. The van der Waals surface area contributed by atoms with Crippen molar-refractivity contribution in [2.45, 2.75) is 62.3 Å². The zero-order valence-electron chi connectivity index (χ0n) is 22.2. The Balaban J connectivity index is 0.00000323. The number of ether oxygens (including phenoxy) is 4. The van der Waals surface area contributed by atoms with Gasteiger partial charge >= 0.3 is 11.9 Å². The van der Waals surface area contributed by atoms with Crippen molar-refractivity contribution in [1.29, 1.82) is 0 Å². The van der Waals surface area contributed by atoms with Crippen LogP contribution in [0, 0.1) is 0 Å². The highest BCUT2D eigenvalue weighted by atomic mass is 79.9. The quantitative estimate of drug-likeness (QED) is 0.198. The van der Waals surface area contributed by atoms with E-state index >= 15 is 0 Å². The molecule has 11 heteroatoms. The van der Waals surface area contributed by atoms with Gasteiger partial charge in [-0.2, -0.15) is 22.7 Å². The van der Waals surface area contributed by atoms with Crippen molar-refractivity contribution >= 4 is 34.6 Å². The number of esters is 2. The number of hydrogen-bond donors (Lipinski definition) is 1. The molecule has 214 valence electrons. The molecule has 0 radical (unpaired) electrons. The Morgan fingerprint density at radius 3 is 2.30 bits per heavy atom. The molecule has 3 aromatic rings. The average molecular weight is 651 g/mol. The molecule has 2 unspecified atom stereocenters. The lowest BCUT2D eigenvalue weighted by atomic mass is 9.89. The monoisotopic (exact) mass is 649 g/mol. The molecular weight excluding hydrogens is 618 g/mol. The van der Waals surface area contributed by atoms with Gasteiger partial charge in [-0.1, -0.05) is 12.1 Å². The largest absolute Gasteiger partial charge is 1.00 e. The number of quaternary nitrogens is 1. The number of halogens is 1. The van der Waals surface area contributed by atoms with E-state index in [1.165, 1.54) is 22.7 Å². The summed E-state index contributed by atoms with van der Waals surface area (Å²) in [5, 5.41) is 18.9. The summed E-state index contributed by atoms with van der Waals surface area (Å²) < 4.78 is 23.5. The van der Waals surface area contributed by atoms with Gasteiger partial charge in [-0.15, -0.1) is 0 Å². The zero-order valence-corrected chi connectivity index (χ0v) is 25.5. The smallest absolute Gasteiger partial charge is 0.348 e. The molecule has 3 aliphatic heterocycles. The summed E-state index contributed by atoms with van der Waals surface area (Å²) in [6.45, 7) is 2.74. The predicted molar refractivity (Wildman–Crippen MR) is 145 cm³/mol. The van der Waals surface area contributed by atoms with E-state index in [-0.39, 0.29) is 54.0 Å². The second-order valence-electron chi connectivity index (χ2n) is 10.7. The van der Waals surface area contributed by atoms with Crippen LogP contribution in [0.4, 0.5) is 0 Å². The lowest BCUT2D eigenvalue weighted by Crippen LogP contribution is -3.00. The van der Waals surface area contributed by atoms with Gasteiger partial charge in [0.25, 0.3) is 0 Å². The van der Waals surface area contributed by atoms with Crippen LogP contribution in [0.5, 0.6) is 5.75 Å². The minimum absolute atomic E-state index is 0. The number of carbonyl (C=O) groups is 2. The molecule has 2 bridgehead atoms. The van der Waals surface area contributed by atoms with Gasteiger partial charge in [0.05, 0.1) is 13.7 Å². The van der Waals surface area contributed by atoms with E-state index in [1.54, 1.807) is 29.8 Å². The molecule has 0 saturated carbocycles. The molecule has 1 N–H and O–H groups in total.